The summed E-state index contributed by atoms with van der Waals surface area (Å²) < 4.78 is 1.58. The van der Waals surface area contributed by atoms with E-state index in [0.717, 1.165) is 6.42 Å². The first kappa shape index (κ1) is 11.6. The molecule has 1 heterocycles. The van der Waals surface area contributed by atoms with E-state index in [2.05, 4.69) is 4.98 Å². The molecule has 15 heavy (non-hydrogen) atoms. The zero-order chi connectivity index (χ0) is 11.4. The second-order valence-electron chi connectivity index (χ2n) is 3.53. The van der Waals surface area contributed by atoms with E-state index in [1.54, 1.807) is 11.6 Å². The van der Waals surface area contributed by atoms with Gasteiger partial charge in [-0.05, 0) is 16.3 Å². The molecule has 0 fully saturated rings. The van der Waals surface area contributed by atoms with Crippen molar-refractivity contribution in [2.24, 2.45) is 7.05 Å². The molecule has 0 aliphatic carbocycles. The van der Waals surface area contributed by atoms with Crippen LogP contribution in [0, 0.1) is 10.1 Å². The summed E-state index contributed by atoms with van der Waals surface area (Å²) in [6.45, 7) is 1.96. The van der Waals surface area contributed by atoms with Crippen LogP contribution < -0.4 is 0 Å². The number of imidazole rings is 1. The highest BCUT2D eigenvalue weighted by molar-refractivity contribution is 5.27. The van der Waals surface area contributed by atoms with E-state index in [0.29, 0.717) is 12.1 Å². The third-order valence-electron chi connectivity index (χ3n) is 2.26. The Bertz CT molecular complexity index is 348. The lowest BCUT2D eigenvalue weighted by atomic mass is 10.1. The Hall–Kier alpha value is -1.43. The molecule has 0 saturated heterocycles. The van der Waals surface area contributed by atoms with Gasteiger partial charge in [-0.15, -0.1) is 0 Å². The van der Waals surface area contributed by atoms with Crippen LogP contribution in [0.1, 0.15) is 25.5 Å². The number of hydrogen-bond donors (Lipinski definition) is 1. The largest absolute Gasteiger partial charge is 0.393 e. The van der Waals surface area contributed by atoms with Crippen molar-refractivity contribution >= 4 is 5.82 Å². The lowest BCUT2D eigenvalue weighted by Gasteiger charge is -2.08. The first-order valence-electron chi connectivity index (χ1n) is 4.88. The minimum absolute atomic E-state index is 0.160. The van der Waals surface area contributed by atoms with Gasteiger partial charge < -0.3 is 19.8 Å². The Labute approximate surface area is 87.7 Å². The average Bonchev–Trinajstić information content (AvgIpc) is 2.48. The van der Waals surface area contributed by atoms with Gasteiger partial charge in [0.25, 0.3) is 0 Å². The average molecular weight is 213 g/mol. The monoisotopic (exact) mass is 213 g/mol. The molecule has 0 saturated carbocycles. The zero-order valence-corrected chi connectivity index (χ0v) is 8.88. The van der Waals surface area contributed by atoms with Crippen molar-refractivity contribution in [2.45, 2.75) is 32.3 Å². The van der Waals surface area contributed by atoms with Gasteiger partial charge in [-0.1, -0.05) is 13.3 Å². The fraction of sp³-hybridized carbons (Fsp3) is 0.667. The molecule has 0 radical (unpaired) electrons. The molecule has 0 spiro atoms. The van der Waals surface area contributed by atoms with E-state index in [4.69, 9.17) is 0 Å². The fourth-order valence-corrected chi connectivity index (χ4v) is 1.49. The molecule has 1 atom stereocenters. The molecular formula is C9H15N3O3. The smallest absolute Gasteiger partial charge is 0.384 e. The van der Waals surface area contributed by atoms with Crippen molar-refractivity contribution < 1.29 is 10.0 Å². The maximum absolute atomic E-state index is 10.6. The van der Waals surface area contributed by atoms with Crippen LogP contribution in [0.25, 0.3) is 0 Å². The van der Waals surface area contributed by atoms with E-state index in [1.165, 1.54) is 6.33 Å². The van der Waals surface area contributed by atoms with Gasteiger partial charge in [-0.25, -0.2) is 0 Å². The van der Waals surface area contributed by atoms with Gasteiger partial charge in [-0.3, -0.25) is 0 Å². The van der Waals surface area contributed by atoms with Crippen LogP contribution >= 0.6 is 0 Å². The summed E-state index contributed by atoms with van der Waals surface area (Å²) in [5.74, 6) is -0.160. The Morgan fingerprint density at radius 1 is 1.73 bits per heavy atom. The number of aliphatic hydroxyl groups excluding tert-OH is 1. The highest BCUT2D eigenvalue weighted by Gasteiger charge is 2.21. The quantitative estimate of drug-likeness (QED) is 0.585. The molecular weight excluding hydrogens is 198 g/mol. The fourth-order valence-electron chi connectivity index (χ4n) is 1.49. The number of nitrogens with zero attached hydrogens (tertiary/aromatic N) is 3. The van der Waals surface area contributed by atoms with Gasteiger partial charge in [0.05, 0.1) is 6.10 Å². The van der Waals surface area contributed by atoms with Gasteiger partial charge in [0.15, 0.2) is 0 Å². The predicted molar refractivity (Wildman–Crippen MR) is 54.5 cm³/mol. The summed E-state index contributed by atoms with van der Waals surface area (Å²) in [5, 5.41) is 20.2. The Morgan fingerprint density at radius 2 is 2.40 bits per heavy atom. The van der Waals surface area contributed by atoms with E-state index in [1.807, 2.05) is 6.92 Å². The molecule has 0 bridgehead atoms. The summed E-state index contributed by atoms with van der Waals surface area (Å²) in [7, 11) is 1.69. The van der Waals surface area contributed by atoms with Crippen molar-refractivity contribution in [3.63, 3.8) is 0 Å². The van der Waals surface area contributed by atoms with Gasteiger partial charge in [-0.2, -0.15) is 0 Å². The topological polar surface area (TPSA) is 81.2 Å². The van der Waals surface area contributed by atoms with Crippen LogP contribution in [0.2, 0.25) is 0 Å². The molecule has 1 N–H and O–H groups in total. The van der Waals surface area contributed by atoms with Crippen LogP contribution in [-0.2, 0) is 13.5 Å². The molecule has 84 valence electrons. The van der Waals surface area contributed by atoms with Crippen LogP contribution in [0.5, 0.6) is 0 Å². The Morgan fingerprint density at radius 3 is 2.93 bits per heavy atom. The maximum Gasteiger partial charge on any atom is 0.384 e. The lowest BCUT2D eigenvalue weighted by Crippen LogP contribution is -2.13. The Kier molecular flexibility index (Phi) is 3.79. The SMILES string of the molecule is CCCC(O)Cc1c([N+](=O)[O-])ncn1C. The summed E-state index contributed by atoms with van der Waals surface area (Å²) in [6.07, 6.45) is 2.63. The minimum atomic E-state index is -0.538. The van der Waals surface area contributed by atoms with Crippen molar-refractivity contribution in [3.8, 4) is 0 Å². The number of aryl methyl sites for hydroxylation is 1. The maximum atomic E-state index is 10.6. The van der Waals surface area contributed by atoms with Crippen molar-refractivity contribution in [1.82, 2.24) is 9.55 Å². The van der Waals surface area contributed by atoms with E-state index in [9.17, 15) is 15.2 Å². The molecule has 1 aromatic heterocycles. The number of nitro groups is 1. The number of hydrogen-bond acceptors (Lipinski definition) is 4. The van der Waals surface area contributed by atoms with Crippen molar-refractivity contribution in [2.75, 3.05) is 0 Å². The van der Waals surface area contributed by atoms with Gasteiger partial charge >= 0.3 is 5.82 Å². The Balaban J connectivity index is 2.83. The van der Waals surface area contributed by atoms with E-state index < -0.39 is 11.0 Å². The molecule has 1 unspecified atom stereocenters. The highest BCUT2D eigenvalue weighted by Crippen LogP contribution is 2.18. The van der Waals surface area contributed by atoms with Gasteiger partial charge in [0.2, 0.25) is 6.33 Å². The minimum Gasteiger partial charge on any atom is -0.393 e. The van der Waals surface area contributed by atoms with E-state index in [-0.39, 0.29) is 12.2 Å². The number of rotatable bonds is 5. The molecule has 6 nitrogen and oxygen atoms in total. The molecule has 1 aromatic rings. The molecule has 6 heteroatoms. The van der Waals surface area contributed by atoms with Crippen molar-refractivity contribution in [1.29, 1.82) is 0 Å². The van der Waals surface area contributed by atoms with Crippen LogP contribution in [0.15, 0.2) is 6.33 Å². The predicted octanol–water partition coefficient (Wildman–Crippen LogP) is 1.03. The number of aromatic nitrogens is 2. The van der Waals surface area contributed by atoms with Crippen LogP contribution in [0.4, 0.5) is 5.82 Å². The van der Waals surface area contributed by atoms with Gasteiger partial charge in [0.1, 0.15) is 5.69 Å². The third-order valence-corrected chi connectivity index (χ3v) is 2.26. The van der Waals surface area contributed by atoms with Crippen molar-refractivity contribution in [3.05, 3.63) is 22.1 Å². The van der Waals surface area contributed by atoms with Gasteiger partial charge in [0, 0.05) is 13.5 Å². The molecule has 0 aromatic carbocycles. The molecule has 0 amide bonds. The first-order valence-corrected chi connectivity index (χ1v) is 4.88. The highest BCUT2D eigenvalue weighted by atomic mass is 16.6. The van der Waals surface area contributed by atoms with Crippen LogP contribution in [-0.4, -0.2) is 25.7 Å². The summed E-state index contributed by atoms with van der Waals surface area (Å²) in [4.78, 5) is 13.8. The second kappa shape index (κ2) is 4.88. The normalized spacial score (nSPS) is 12.7. The molecule has 1 rings (SSSR count). The zero-order valence-electron chi connectivity index (χ0n) is 8.88. The summed E-state index contributed by atoms with van der Waals surface area (Å²) in [6, 6.07) is 0. The third kappa shape index (κ3) is 2.76. The molecule has 0 aliphatic heterocycles. The lowest BCUT2D eigenvalue weighted by molar-refractivity contribution is -0.390. The summed E-state index contributed by atoms with van der Waals surface area (Å²) in [5.41, 5.74) is 0.473. The summed E-state index contributed by atoms with van der Waals surface area (Å²) >= 11 is 0. The van der Waals surface area contributed by atoms with E-state index >= 15 is 0 Å². The molecule has 0 aliphatic rings. The number of aliphatic hydroxyl groups is 1. The van der Waals surface area contributed by atoms with Crippen LogP contribution in [0.3, 0.4) is 0 Å². The first-order chi connectivity index (χ1) is 7.06. The standard InChI is InChI=1S/C9H15N3O3/c1-3-4-7(13)5-8-9(12(14)15)10-6-11(8)2/h6-7,13H,3-5H2,1-2H3. The second-order valence-corrected chi connectivity index (χ2v) is 3.53.